The van der Waals surface area contributed by atoms with E-state index in [1.54, 1.807) is 0 Å². The zero-order valence-electron chi connectivity index (χ0n) is 12.5. The summed E-state index contributed by atoms with van der Waals surface area (Å²) in [5.41, 5.74) is 1.75. The van der Waals surface area contributed by atoms with Gasteiger partial charge >= 0.3 is 0 Å². The van der Waals surface area contributed by atoms with Crippen LogP contribution in [0.3, 0.4) is 0 Å². The highest BCUT2D eigenvalue weighted by atomic mass is 35.5. The van der Waals surface area contributed by atoms with Gasteiger partial charge in [0.25, 0.3) is 5.91 Å². The number of carbonyl (C=O) groups excluding carboxylic acids is 2. The van der Waals surface area contributed by atoms with E-state index in [2.05, 4.69) is 10.6 Å². The van der Waals surface area contributed by atoms with Crippen molar-refractivity contribution in [2.24, 2.45) is 0 Å². The number of halogens is 1. The normalized spacial score (nSPS) is 20.8. The second kappa shape index (κ2) is 7.61. The third kappa shape index (κ3) is 3.99. The van der Waals surface area contributed by atoms with Gasteiger partial charge in [-0.05, 0) is 37.1 Å². The average Bonchev–Trinajstić information content (AvgIpc) is 3.12. The van der Waals surface area contributed by atoms with E-state index >= 15 is 0 Å². The number of hydrogen-bond donors (Lipinski definition) is 2. The van der Waals surface area contributed by atoms with Crippen molar-refractivity contribution in [3.8, 4) is 0 Å². The summed E-state index contributed by atoms with van der Waals surface area (Å²) in [5, 5.41) is 6.26. The Balaban J connectivity index is 0.00000176. The fourth-order valence-electron chi connectivity index (χ4n) is 2.90. The number of carbonyl (C=O) groups is 2. The fraction of sp³-hybridized carbons (Fsp3) is 0.500. The lowest BCUT2D eigenvalue weighted by molar-refractivity contribution is -0.128. The second-order valence-electron chi connectivity index (χ2n) is 5.78. The van der Waals surface area contributed by atoms with Gasteiger partial charge in [0, 0.05) is 37.7 Å². The zero-order chi connectivity index (χ0) is 14.7. The molecule has 5 nitrogen and oxygen atoms in total. The van der Waals surface area contributed by atoms with Gasteiger partial charge in [-0.2, -0.15) is 0 Å². The Bertz CT molecular complexity index is 527. The Labute approximate surface area is 136 Å². The summed E-state index contributed by atoms with van der Waals surface area (Å²) in [6, 6.07) is 7.79. The molecule has 0 saturated carbocycles. The van der Waals surface area contributed by atoms with Crippen molar-refractivity contribution in [2.45, 2.75) is 31.8 Å². The van der Waals surface area contributed by atoms with Crippen LogP contribution in [0.5, 0.6) is 0 Å². The molecule has 2 N–H and O–H groups in total. The molecule has 0 aromatic heterocycles. The standard InChI is InChI=1S/C16H21N3O2.ClH/c20-15-2-1-9-19(15)11-12-3-5-13(6-4-12)16(21)18-14-7-8-17-10-14;/h3-6,14,17H,1-2,7-11H2,(H,18,21);1H. The van der Waals surface area contributed by atoms with Gasteiger partial charge < -0.3 is 15.5 Å². The largest absolute Gasteiger partial charge is 0.348 e. The Hall–Kier alpha value is -1.59. The molecule has 22 heavy (non-hydrogen) atoms. The van der Waals surface area contributed by atoms with Crippen LogP contribution in [0.15, 0.2) is 24.3 Å². The van der Waals surface area contributed by atoms with Crippen molar-refractivity contribution in [1.82, 2.24) is 15.5 Å². The molecule has 1 aromatic rings. The van der Waals surface area contributed by atoms with Gasteiger partial charge in [-0.1, -0.05) is 12.1 Å². The molecule has 6 heteroatoms. The monoisotopic (exact) mass is 323 g/mol. The summed E-state index contributed by atoms with van der Waals surface area (Å²) in [6.07, 6.45) is 2.60. The number of amides is 2. The van der Waals surface area contributed by atoms with E-state index in [1.807, 2.05) is 29.2 Å². The number of nitrogens with zero attached hydrogens (tertiary/aromatic N) is 1. The Kier molecular flexibility index (Phi) is 5.80. The number of benzene rings is 1. The van der Waals surface area contributed by atoms with Gasteiger partial charge in [0.15, 0.2) is 0 Å². The van der Waals surface area contributed by atoms with Crippen LogP contribution in [0.25, 0.3) is 0 Å². The minimum absolute atomic E-state index is 0. The first kappa shape index (κ1) is 16.8. The fourth-order valence-corrected chi connectivity index (χ4v) is 2.90. The van der Waals surface area contributed by atoms with E-state index in [1.165, 1.54) is 0 Å². The minimum atomic E-state index is -0.0208. The van der Waals surface area contributed by atoms with Crippen LogP contribution >= 0.6 is 12.4 Å². The van der Waals surface area contributed by atoms with E-state index in [-0.39, 0.29) is 30.3 Å². The van der Waals surface area contributed by atoms with Gasteiger partial charge in [0.05, 0.1) is 0 Å². The Morgan fingerprint density at radius 1 is 1.32 bits per heavy atom. The molecule has 0 spiro atoms. The van der Waals surface area contributed by atoms with Gasteiger partial charge in [-0.3, -0.25) is 9.59 Å². The quantitative estimate of drug-likeness (QED) is 0.878. The van der Waals surface area contributed by atoms with E-state index in [0.29, 0.717) is 18.5 Å². The van der Waals surface area contributed by atoms with Crippen molar-refractivity contribution >= 4 is 24.2 Å². The highest BCUT2D eigenvalue weighted by Gasteiger charge is 2.20. The maximum absolute atomic E-state index is 12.1. The van der Waals surface area contributed by atoms with E-state index in [9.17, 15) is 9.59 Å². The van der Waals surface area contributed by atoms with Crippen LogP contribution < -0.4 is 10.6 Å². The summed E-state index contributed by atoms with van der Waals surface area (Å²) in [6.45, 7) is 3.30. The number of rotatable bonds is 4. The van der Waals surface area contributed by atoms with Crippen LogP contribution in [-0.2, 0) is 11.3 Å². The third-order valence-corrected chi connectivity index (χ3v) is 4.16. The van der Waals surface area contributed by atoms with E-state index in [0.717, 1.165) is 38.0 Å². The van der Waals surface area contributed by atoms with Crippen molar-refractivity contribution in [1.29, 1.82) is 0 Å². The maximum Gasteiger partial charge on any atom is 0.251 e. The number of nitrogens with one attached hydrogen (secondary N) is 2. The zero-order valence-corrected chi connectivity index (χ0v) is 13.3. The molecule has 2 aliphatic rings. The molecule has 2 amide bonds. The van der Waals surface area contributed by atoms with Crippen LogP contribution in [0, 0.1) is 0 Å². The van der Waals surface area contributed by atoms with Crippen molar-refractivity contribution in [3.05, 3.63) is 35.4 Å². The predicted octanol–water partition coefficient (Wildman–Crippen LogP) is 1.32. The Morgan fingerprint density at radius 2 is 2.09 bits per heavy atom. The molecule has 2 heterocycles. The van der Waals surface area contributed by atoms with Crippen LogP contribution in [-0.4, -0.2) is 42.4 Å². The van der Waals surface area contributed by atoms with Crippen LogP contribution in [0.1, 0.15) is 35.2 Å². The molecular weight excluding hydrogens is 302 g/mol. The van der Waals surface area contributed by atoms with Gasteiger partial charge in [0.2, 0.25) is 5.91 Å². The van der Waals surface area contributed by atoms with Gasteiger partial charge in [-0.25, -0.2) is 0 Å². The molecule has 0 aliphatic carbocycles. The molecular formula is C16H22ClN3O2. The first-order chi connectivity index (χ1) is 10.2. The van der Waals surface area contributed by atoms with E-state index in [4.69, 9.17) is 0 Å². The average molecular weight is 324 g/mol. The Morgan fingerprint density at radius 3 is 2.68 bits per heavy atom. The topological polar surface area (TPSA) is 61.4 Å². The smallest absolute Gasteiger partial charge is 0.251 e. The summed E-state index contributed by atoms with van der Waals surface area (Å²) in [4.78, 5) is 25.6. The maximum atomic E-state index is 12.1. The summed E-state index contributed by atoms with van der Waals surface area (Å²) < 4.78 is 0. The van der Waals surface area contributed by atoms with Crippen molar-refractivity contribution in [2.75, 3.05) is 19.6 Å². The molecule has 2 saturated heterocycles. The highest BCUT2D eigenvalue weighted by Crippen LogP contribution is 2.15. The molecule has 120 valence electrons. The van der Waals surface area contributed by atoms with Gasteiger partial charge in [-0.15, -0.1) is 12.4 Å². The SMILES string of the molecule is Cl.O=C(NC1CCNC1)c1ccc(CN2CCCC2=O)cc1. The summed E-state index contributed by atoms with van der Waals surface area (Å²) in [5.74, 6) is 0.207. The van der Waals surface area contributed by atoms with Crippen molar-refractivity contribution < 1.29 is 9.59 Å². The lowest BCUT2D eigenvalue weighted by atomic mass is 10.1. The molecule has 3 rings (SSSR count). The van der Waals surface area contributed by atoms with Gasteiger partial charge in [0.1, 0.15) is 0 Å². The molecule has 0 radical (unpaired) electrons. The molecule has 1 atom stereocenters. The summed E-state index contributed by atoms with van der Waals surface area (Å²) >= 11 is 0. The molecule has 1 unspecified atom stereocenters. The molecule has 1 aromatic carbocycles. The van der Waals surface area contributed by atoms with Crippen LogP contribution in [0.2, 0.25) is 0 Å². The first-order valence-corrected chi connectivity index (χ1v) is 7.61. The van der Waals surface area contributed by atoms with Crippen LogP contribution in [0.4, 0.5) is 0 Å². The lowest BCUT2D eigenvalue weighted by Gasteiger charge is -2.16. The number of hydrogen-bond acceptors (Lipinski definition) is 3. The predicted molar refractivity (Wildman–Crippen MR) is 87.1 cm³/mol. The van der Waals surface area contributed by atoms with E-state index < -0.39 is 0 Å². The summed E-state index contributed by atoms with van der Waals surface area (Å²) in [7, 11) is 0. The van der Waals surface area contributed by atoms with Crippen molar-refractivity contribution in [3.63, 3.8) is 0 Å². The minimum Gasteiger partial charge on any atom is -0.348 e. The molecule has 2 aliphatic heterocycles. The first-order valence-electron chi connectivity index (χ1n) is 7.61. The molecule has 2 fully saturated rings. The number of likely N-dealkylation sites (tertiary alicyclic amines) is 1. The molecule has 0 bridgehead atoms. The highest BCUT2D eigenvalue weighted by molar-refractivity contribution is 5.94. The second-order valence-corrected chi connectivity index (χ2v) is 5.78. The third-order valence-electron chi connectivity index (χ3n) is 4.16. The lowest BCUT2D eigenvalue weighted by Crippen LogP contribution is -2.36.